The first-order chi connectivity index (χ1) is 12.3. The van der Waals surface area contributed by atoms with Gasteiger partial charge in [-0.25, -0.2) is 4.79 Å². The van der Waals surface area contributed by atoms with E-state index < -0.39 is 54.7 Å². The van der Waals surface area contributed by atoms with Gasteiger partial charge in [0, 0.05) is 6.04 Å². The van der Waals surface area contributed by atoms with Crippen LogP contribution in [0, 0.1) is 11.8 Å². The summed E-state index contributed by atoms with van der Waals surface area (Å²) in [4.78, 5) is 60.3. The predicted molar refractivity (Wildman–Crippen MR) is 89.5 cm³/mol. The first kappa shape index (κ1) is 19.6. The van der Waals surface area contributed by atoms with Gasteiger partial charge in [-0.05, 0) is 26.2 Å². The molecule has 2 N–H and O–H groups in total. The number of nitrogens with zero attached hydrogens (tertiary/aromatic N) is 1. The lowest BCUT2D eigenvalue weighted by atomic mass is 9.85. The second-order valence-corrected chi connectivity index (χ2v) is 6.41. The fourth-order valence-corrected chi connectivity index (χ4v) is 2.87. The number of hydrogen-bond donors (Lipinski definition) is 2. The van der Waals surface area contributed by atoms with E-state index in [4.69, 9.17) is 4.74 Å². The topological polar surface area (TPSA) is 122 Å². The summed E-state index contributed by atoms with van der Waals surface area (Å²) < 4.78 is 4.76. The number of fused-ring (bicyclic) bond motifs is 1. The molecule has 1 fully saturated rings. The van der Waals surface area contributed by atoms with Gasteiger partial charge in [0.2, 0.25) is 11.8 Å². The van der Waals surface area contributed by atoms with Crippen LogP contribution >= 0.6 is 0 Å². The highest BCUT2D eigenvalue weighted by Crippen LogP contribution is 2.34. The van der Waals surface area contributed by atoms with Crippen LogP contribution in [0.25, 0.3) is 0 Å². The van der Waals surface area contributed by atoms with Crippen LogP contribution in [-0.2, 0) is 23.9 Å². The Bertz CT molecular complexity index is 618. The Hall–Kier alpha value is -2.71. The Kier molecular flexibility index (Phi) is 6.48. The van der Waals surface area contributed by atoms with Gasteiger partial charge in [0.25, 0.3) is 5.91 Å². The van der Waals surface area contributed by atoms with Gasteiger partial charge in [0.05, 0.1) is 11.8 Å². The van der Waals surface area contributed by atoms with Gasteiger partial charge in [-0.2, -0.15) is 0 Å². The van der Waals surface area contributed by atoms with Gasteiger partial charge in [0.15, 0.2) is 6.61 Å². The minimum atomic E-state index is -0.879. The maximum atomic E-state index is 12.2. The molecule has 0 radical (unpaired) electrons. The van der Waals surface area contributed by atoms with Crippen molar-refractivity contribution in [2.24, 2.45) is 11.8 Å². The molecule has 0 aromatic rings. The van der Waals surface area contributed by atoms with Crippen molar-refractivity contribution in [2.45, 2.75) is 39.2 Å². The fourth-order valence-electron chi connectivity index (χ4n) is 2.87. The fraction of sp³-hybridized carbons (Fsp3) is 0.588. The number of likely N-dealkylation sites (tertiary alicyclic amines) is 1. The summed E-state index contributed by atoms with van der Waals surface area (Å²) in [6.45, 7) is 2.46. The largest absolute Gasteiger partial charge is 0.454 e. The van der Waals surface area contributed by atoms with Gasteiger partial charge in [-0.15, -0.1) is 0 Å². The Labute approximate surface area is 151 Å². The normalized spacial score (nSPS) is 22.6. The summed E-state index contributed by atoms with van der Waals surface area (Å²) in [5, 5.41) is 4.56. The molecule has 26 heavy (non-hydrogen) atoms. The highest BCUT2D eigenvalue weighted by Gasteiger charge is 2.47. The molecule has 5 amide bonds. The number of carbonyl (C=O) groups is 5. The monoisotopic (exact) mass is 365 g/mol. The summed E-state index contributed by atoms with van der Waals surface area (Å²) in [6.07, 6.45) is 5.36. The molecule has 1 heterocycles. The minimum Gasteiger partial charge on any atom is -0.454 e. The molecule has 0 saturated carbocycles. The van der Waals surface area contributed by atoms with E-state index in [9.17, 15) is 24.0 Å². The van der Waals surface area contributed by atoms with Crippen LogP contribution in [0.2, 0.25) is 0 Å². The summed E-state index contributed by atoms with van der Waals surface area (Å²) in [5.41, 5.74) is 0. The molecule has 0 bridgehead atoms. The maximum Gasteiger partial charge on any atom is 0.326 e. The number of esters is 1. The molecular weight excluding hydrogens is 342 g/mol. The predicted octanol–water partition coefficient (Wildman–Crippen LogP) is 0.105. The van der Waals surface area contributed by atoms with Gasteiger partial charge < -0.3 is 10.1 Å². The lowest BCUT2D eigenvalue weighted by molar-refractivity contribution is -0.154. The number of nitrogens with one attached hydrogen (secondary N) is 2. The van der Waals surface area contributed by atoms with Crippen LogP contribution in [0.3, 0.4) is 0 Å². The smallest absolute Gasteiger partial charge is 0.326 e. The van der Waals surface area contributed by atoms with Crippen LogP contribution in [-0.4, -0.2) is 53.8 Å². The molecule has 0 unspecified atom stereocenters. The molecule has 9 heteroatoms. The van der Waals surface area contributed by atoms with Crippen molar-refractivity contribution < 1.29 is 28.7 Å². The Balaban J connectivity index is 1.77. The highest BCUT2D eigenvalue weighted by molar-refractivity contribution is 6.07. The minimum absolute atomic E-state index is 0.101. The molecule has 0 aromatic carbocycles. The highest BCUT2D eigenvalue weighted by atomic mass is 16.5. The molecule has 1 aliphatic heterocycles. The number of allylic oxidation sites excluding steroid dienone is 2. The summed E-state index contributed by atoms with van der Waals surface area (Å²) in [6, 6.07) is -0.780. The van der Waals surface area contributed by atoms with Gasteiger partial charge in [-0.3, -0.25) is 29.4 Å². The van der Waals surface area contributed by atoms with Crippen LogP contribution in [0.4, 0.5) is 4.79 Å². The number of imide groups is 2. The number of amides is 5. The van der Waals surface area contributed by atoms with Crippen molar-refractivity contribution in [1.82, 2.24) is 15.5 Å². The molecule has 3 atom stereocenters. The standard InChI is InChI=1S/C17H23N3O6/c1-3-10(2)18-17(25)19-13(21)9-26-14(22)8-20-15(23)11-6-4-5-7-12(11)16(20)24/h4-5,10-12H,3,6-9H2,1-2H3,(H2,18,19,21,25)/t10-,11-,12+/m0/s1. The first-order valence-corrected chi connectivity index (χ1v) is 8.59. The molecule has 9 nitrogen and oxygen atoms in total. The third-order valence-electron chi connectivity index (χ3n) is 4.49. The Morgan fingerprint density at radius 1 is 1.19 bits per heavy atom. The van der Waals surface area contributed by atoms with Crippen molar-refractivity contribution >= 4 is 29.7 Å². The van der Waals surface area contributed by atoms with Crippen molar-refractivity contribution in [3.8, 4) is 0 Å². The SMILES string of the molecule is CC[C@H](C)NC(=O)NC(=O)COC(=O)CN1C(=O)[C@H]2CC=CC[C@H]2C1=O. The van der Waals surface area contributed by atoms with Crippen molar-refractivity contribution in [3.05, 3.63) is 12.2 Å². The van der Waals surface area contributed by atoms with E-state index in [0.29, 0.717) is 19.3 Å². The molecular formula is C17H23N3O6. The summed E-state index contributed by atoms with van der Waals surface area (Å²) in [5.74, 6) is -3.30. The molecule has 2 aliphatic rings. The number of carbonyl (C=O) groups excluding carboxylic acids is 5. The Morgan fingerprint density at radius 2 is 1.77 bits per heavy atom. The Morgan fingerprint density at radius 3 is 2.31 bits per heavy atom. The number of rotatable bonds is 6. The lowest BCUT2D eigenvalue weighted by Gasteiger charge is -2.14. The second-order valence-electron chi connectivity index (χ2n) is 6.41. The average molecular weight is 365 g/mol. The van der Waals surface area contributed by atoms with Crippen molar-refractivity contribution in [3.63, 3.8) is 0 Å². The van der Waals surface area contributed by atoms with Gasteiger partial charge in [-0.1, -0.05) is 19.1 Å². The van der Waals surface area contributed by atoms with Crippen molar-refractivity contribution in [2.75, 3.05) is 13.2 Å². The number of ether oxygens (including phenoxy) is 1. The third-order valence-corrected chi connectivity index (χ3v) is 4.49. The zero-order valence-electron chi connectivity index (χ0n) is 14.8. The zero-order valence-corrected chi connectivity index (χ0v) is 14.8. The molecule has 1 saturated heterocycles. The van der Waals surface area contributed by atoms with Gasteiger partial charge >= 0.3 is 12.0 Å². The van der Waals surface area contributed by atoms with Crippen LogP contribution in [0.15, 0.2) is 12.2 Å². The number of urea groups is 1. The molecule has 0 aromatic heterocycles. The molecule has 1 aliphatic carbocycles. The van der Waals surface area contributed by atoms with Crippen LogP contribution in [0.5, 0.6) is 0 Å². The van der Waals surface area contributed by atoms with E-state index in [1.807, 2.05) is 24.4 Å². The van der Waals surface area contributed by atoms with Crippen LogP contribution < -0.4 is 10.6 Å². The molecule has 0 spiro atoms. The quantitative estimate of drug-likeness (QED) is 0.391. The molecule has 2 rings (SSSR count). The molecule has 142 valence electrons. The lowest BCUT2D eigenvalue weighted by Crippen LogP contribution is -2.45. The zero-order chi connectivity index (χ0) is 19.3. The van der Waals surface area contributed by atoms with E-state index in [-0.39, 0.29) is 6.04 Å². The average Bonchev–Trinajstić information content (AvgIpc) is 2.85. The van der Waals surface area contributed by atoms with E-state index >= 15 is 0 Å². The van der Waals surface area contributed by atoms with E-state index in [1.165, 1.54) is 0 Å². The number of hydrogen-bond acceptors (Lipinski definition) is 6. The second kappa shape index (κ2) is 8.59. The van der Waals surface area contributed by atoms with Crippen molar-refractivity contribution in [1.29, 1.82) is 0 Å². The maximum absolute atomic E-state index is 12.2. The van der Waals surface area contributed by atoms with E-state index in [0.717, 1.165) is 4.90 Å². The van der Waals surface area contributed by atoms with Crippen LogP contribution in [0.1, 0.15) is 33.1 Å². The van der Waals surface area contributed by atoms with Gasteiger partial charge in [0.1, 0.15) is 6.54 Å². The summed E-state index contributed by atoms with van der Waals surface area (Å²) in [7, 11) is 0. The van der Waals surface area contributed by atoms with E-state index in [2.05, 4.69) is 5.32 Å². The third kappa shape index (κ3) is 4.68. The summed E-state index contributed by atoms with van der Waals surface area (Å²) >= 11 is 0. The van der Waals surface area contributed by atoms with E-state index in [1.54, 1.807) is 6.92 Å². The first-order valence-electron chi connectivity index (χ1n) is 8.59.